The number of carbonyl (C=O) groups is 1. The predicted molar refractivity (Wildman–Crippen MR) is 98.4 cm³/mol. The van der Waals surface area contributed by atoms with E-state index in [1.54, 1.807) is 12.1 Å². The van der Waals surface area contributed by atoms with Crippen LogP contribution in [0.5, 0.6) is 5.75 Å². The molecule has 1 fully saturated rings. The van der Waals surface area contributed by atoms with Gasteiger partial charge >= 0.3 is 6.09 Å². The molecule has 1 amide bonds. The molecule has 1 N–H and O–H groups in total. The van der Waals surface area contributed by atoms with Gasteiger partial charge in [-0.15, -0.1) is 0 Å². The summed E-state index contributed by atoms with van der Waals surface area (Å²) in [6, 6.07) is 23.3. The van der Waals surface area contributed by atoms with E-state index < -0.39 is 11.6 Å². The normalized spacial score (nSPS) is 14.2. The highest BCUT2D eigenvalue weighted by atomic mass is 16.6. The maximum Gasteiger partial charge on any atom is 0.413 e. The second-order valence-electron chi connectivity index (χ2n) is 6.19. The van der Waals surface area contributed by atoms with Gasteiger partial charge in [0.05, 0.1) is 0 Å². The SMILES string of the molecule is O=C(NC1(C#Cc2cccc3ccccc23)CC1)Oc1ccccc1. The van der Waals surface area contributed by atoms with Crippen LogP contribution in [0, 0.1) is 11.8 Å². The van der Waals surface area contributed by atoms with Gasteiger partial charge in [0.2, 0.25) is 0 Å². The minimum absolute atomic E-state index is 0.462. The summed E-state index contributed by atoms with van der Waals surface area (Å²) in [6.45, 7) is 0. The zero-order valence-corrected chi connectivity index (χ0v) is 13.7. The third-order valence-electron chi connectivity index (χ3n) is 4.27. The predicted octanol–water partition coefficient (Wildman–Crippen LogP) is 4.51. The van der Waals surface area contributed by atoms with E-state index in [2.05, 4.69) is 35.4 Å². The molecule has 0 saturated heterocycles. The third kappa shape index (κ3) is 3.49. The molecule has 122 valence electrons. The van der Waals surface area contributed by atoms with E-state index in [0.717, 1.165) is 29.2 Å². The van der Waals surface area contributed by atoms with E-state index in [1.165, 1.54) is 0 Å². The Morgan fingerprint density at radius 3 is 2.44 bits per heavy atom. The first-order valence-corrected chi connectivity index (χ1v) is 8.30. The molecule has 0 radical (unpaired) electrons. The molecule has 1 aliphatic carbocycles. The zero-order chi connectivity index (χ0) is 17.1. The van der Waals surface area contributed by atoms with Crippen LogP contribution in [0.1, 0.15) is 18.4 Å². The van der Waals surface area contributed by atoms with Crippen LogP contribution in [-0.2, 0) is 0 Å². The Labute approximate surface area is 146 Å². The first-order chi connectivity index (χ1) is 12.2. The van der Waals surface area contributed by atoms with E-state index in [9.17, 15) is 4.79 Å². The molecular formula is C22H17NO2. The van der Waals surface area contributed by atoms with Crippen molar-refractivity contribution in [2.45, 2.75) is 18.4 Å². The molecule has 1 aliphatic rings. The molecule has 3 aromatic rings. The minimum atomic E-state index is -0.469. The Morgan fingerprint density at radius 2 is 1.64 bits per heavy atom. The van der Waals surface area contributed by atoms with Crippen molar-refractivity contribution in [3.63, 3.8) is 0 Å². The minimum Gasteiger partial charge on any atom is -0.410 e. The number of amides is 1. The lowest BCUT2D eigenvalue weighted by atomic mass is 10.0. The first-order valence-electron chi connectivity index (χ1n) is 8.30. The second-order valence-corrected chi connectivity index (χ2v) is 6.19. The average molecular weight is 327 g/mol. The summed E-state index contributed by atoms with van der Waals surface area (Å²) in [4.78, 5) is 12.1. The lowest BCUT2D eigenvalue weighted by Gasteiger charge is -2.11. The van der Waals surface area contributed by atoms with Crippen LogP contribution in [0.25, 0.3) is 10.8 Å². The number of rotatable bonds is 2. The van der Waals surface area contributed by atoms with Gasteiger partial charge in [-0.3, -0.25) is 0 Å². The van der Waals surface area contributed by atoms with Crippen LogP contribution in [0.2, 0.25) is 0 Å². The van der Waals surface area contributed by atoms with Gasteiger partial charge in [-0.25, -0.2) is 4.79 Å². The van der Waals surface area contributed by atoms with E-state index in [-0.39, 0.29) is 0 Å². The van der Waals surface area contributed by atoms with Crippen molar-refractivity contribution in [1.29, 1.82) is 0 Å². The highest BCUT2D eigenvalue weighted by molar-refractivity contribution is 5.88. The largest absolute Gasteiger partial charge is 0.413 e. The molecule has 0 aliphatic heterocycles. The van der Waals surface area contributed by atoms with Crippen LogP contribution < -0.4 is 10.1 Å². The van der Waals surface area contributed by atoms with Gasteiger partial charge < -0.3 is 10.1 Å². The molecule has 3 aromatic carbocycles. The smallest absolute Gasteiger partial charge is 0.410 e. The highest BCUT2D eigenvalue weighted by Gasteiger charge is 2.43. The summed E-state index contributed by atoms with van der Waals surface area (Å²) in [5.41, 5.74) is 0.505. The number of para-hydroxylation sites is 1. The van der Waals surface area contributed by atoms with E-state index >= 15 is 0 Å². The van der Waals surface area contributed by atoms with Crippen molar-refractivity contribution in [2.75, 3.05) is 0 Å². The fourth-order valence-electron chi connectivity index (χ4n) is 2.74. The molecule has 0 unspecified atom stereocenters. The van der Waals surface area contributed by atoms with Crippen LogP contribution in [0.4, 0.5) is 4.79 Å². The molecule has 0 aromatic heterocycles. The summed E-state index contributed by atoms with van der Waals surface area (Å²) in [5.74, 6) is 7.00. The molecule has 0 spiro atoms. The van der Waals surface area contributed by atoms with Gasteiger partial charge in [-0.1, -0.05) is 66.4 Å². The second kappa shape index (κ2) is 6.33. The maximum atomic E-state index is 12.1. The van der Waals surface area contributed by atoms with Crippen LogP contribution in [-0.4, -0.2) is 11.6 Å². The van der Waals surface area contributed by atoms with Crippen molar-refractivity contribution in [3.8, 4) is 17.6 Å². The molecule has 4 rings (SSSR count). The third-order valence-corrected chi connectivity index (χ3v) is 4.27. The Balaban J connectivity index is 1.51. The van der Waals surface area contributed by atoms with Crippen molar-refractivity contribution in [3.05, 3.63) is 78.4 Å². The molecule has 0 atom stereocenters. The Morgan fingerprint density at radius 1 is 0.920 bits per heavy atom. The van der Waals surface area contributed by atoms with Crippen molar-refractivity contribution in [1.82, 2.24) is 5.32 Å². The van der Waals surface area contributed by atoms with E-state index in [0.29, 0.717) is 5.75 Å². The van der Waals surface area contributed by atoms with E-state index in [4.69, 9.17) is 4.74 Å². The number of fused-ring (bicyclic) bond motifs is 1. The van der Waals surface area contributed by atoms with Gasteiger partial charge in [-0.2, -0.15) is 0 Å². The Kier molecular flexibility index (Phi) is 3.87. The molecule has 0 heterocycles. The Bertz CT molecular complexity index is 974. The van der Waals surface area contributed by atoms with Crippen LogP contribution in [0.3, 0.4) is 0 Å². The van der Waals surface area contributed by atoms with Gasteiger partial charge in [-0.05, 0) is 41.8 Å². The fraction of sp³-hybridized carbons (Fsp3) is 0.136. The maximum absolute atomic E-state index is 12.1. The molecule has 1 saturated carbocycles. The lowest BCUT2D eigenvalue weighted by Crippen LogP contribution is -2.37. The van der Waals surface area contributed by atoms with E-state index in [1.807, 2.05) is 42.5 Å². The topological polar surface area (TPSA) is 38.3 Å². The zero-order valence-electron chi connectivity index (χ0n) is 13.7. The standard InChI is InChI=1S/C22H17NO2/c24-21(25-19-10-2-1-3-11-19)23-22(15-16-22)14-13-18-9-6-8-17-7-4-5-12-20(17)18/h1-12H,15-16H2,(H,23,24). The number of benzene rings is 3. The Hall–Kier alpha value is -3.25. The summed E-state index contributed by atoms with van der Waals surface area (Å²) in [5, 5.41) is 5.19. The number of hydrogen-bond acceptors (Lipinski definition) is 2. The lowest BCUT2D eigenvalue weighted by molar-refractivity contribution is 0.197. The molecule has 25 heavy (non-hydrogen) atoms. The van der Waals surface area contributed by atoms with Crippen LogP contribution >= 0.6 is 0 Å². The highest BCUT2D eigenvalue weighted by Crippen LogP contribution is 2.35. The van der Waals surface area contributed by atoms with Crippen molar-refractivity contribution >= 4 is 16.9 Å². The van der Waals surface area contributed by atoms with Gasteiger partial charge in [0.25, 0.3) is 0 Å². The van der Waals surface area contributed by atoms with Crippen molar-refractivity contribution < 1.29 is 9.53 Å². The quantitative estimate of drug-likeness (QED) is 0.703. The summed E-state index contributed by atoms with van der Waals surface area (Å²) in [6.07, 6.45) is 1.22. The van der Waals surface area contributed by atoms with Crippen LogP contribution in [0.15, 0.2) is 72.8 Å². The monoisotopic (exact) mass is 327 g/mol. The summed E-state index contributed by atoms with van der Waals surface area (Å²) < 4.78 is 5.29. The average Bonchev–Trinajstić information content (AvgIpc) is 3.40. The molecule has 3 nitrogen and oxygen atoms in total. The molecule has 0 bridgehead atoms. The molecule has 3 heteroatoms. The summed E-state index contributed by atoms with van der Waals surface area (Å²) in [7, 11) is 0. The first kappa shape index (κ1) is 15.3. The number of nitrogens with one attached hydrogen (secondary N) is 1. The number of carbonyl (C=O) groups excluding carboxylic acids is 1. The van der Waals surface area contributed by atoms with Crippen molar-refractivity contribution in [2.24, 2.45) is 0 Å². The number of ether oxygens (including phenoxy) is 1. The van der Waals surface area contributed by atoms with Gasteiger partial charge in [0.1, 0.15) is 11.3 Å². The van der Waals surface area contributed by atoms with Gasteiger partial charge in [0.15, 0.2) is 0 Å². The summed E-state index contributed by atoms with van der Waals surface area (Å²) >= 11 is 0. The number of hydrogen-bond donors (Lipinski definition) is 1. The molecular weight excluding hydrogens is 310 g/mol. The fourth-order valence-corrected chi connectivity index (χ4v) is 2.74. The van der Waals surface area contributed by atoms with Gasteiger partial charge in [0, 0.05) is 5.56 Å².